The summed E-state index contributed by atoms with van der Waals surface area (Å²) in [6.07, 6.45) is 2.70. The topological polar surface area (TPSA) is 97.2 Å². The van der Waals surface area contributed by atoms with Crippen LogP contribution in [-0.2, 0) is 4.79 Å². The smallest absolute Gasteiger partial charge is 0.228 e. The van der Waals surface area contributed by atoms with Gasteiger partial charge in [0.25, 0.3) is 0 Å². The Kier molecular flexibility index (Phi) is 6.66. The van der Waals surface area contributed by atoms with Crippen LogP contribution in [0.5, 0.6) is 0 Å². The molecule has 2 aromatic carbocycles. The average Bonchev–Trinajstić information content (AvgIpc) is 3.38. The fourth-order valence-electron chi connectivity index (χ4n) is 4.57. The van der Waals surface area contributed by atoms with E-state index in [9.17, 15) is 14.4 Å². The zero-order chi connectivity index (χ0) is 24.4. The van der Waals surface area contributed by atoms with Crippen LogP contribution < -0.4 is 15.5 Å². The molecule has 2 aliphatic rings. The van der Waals surface area contributed by atoms with E-state index in [1.165, 1.54) is 6.07 Å². The van der Waals surface area contributed by atoms with Crippen molar-refractivity contribution >= 4 is 45.9 Å². The van der Waals surface area contributed by atoms with Crippen LogP contribution in [-0.4, -0.2) is 59.5 Å². The number of hydrogen-bond acceptors (Lipinski definition) is 7. The SMILES string of the molecule is N#Cc1ccc2c(Nc3ccc(Cl)cc3F)nc(N3CCN(C(=O)CC4CCCN4)CC3)nc2c1. The van der Waals surface area contributed by atoms with E-state index in [0.29, 0.717) is 65.9 Å². The molecule has 1 atom stereocenters. The van der Waals surface area contributed by atoms with Gasteiger partial charge in [-0.15, -0.1) is 0 Å². The third-order valence-electron chi connectivity index (χ3n) is 6.50. The molecule has 35 heavy (non-hydrogen) atoms. The molecule has 2 fully saturated rings. The maximum absolute atomic E-state index is 14.5. The van der Waals surface area contributed by atoms with Gasteiger partial charge in [-0.25, -0.2) is 9.37 Å². The standard InChI is InChI=1S/C25H25ClFN7O/c26-17-4-6-21(20(27)13-17)30-24-19-5-3-16(15-28)12-22(19)31-25(32-24)34-10-8-33(9-11-34)23(35)14-18-2-1-7-29-18/h3-6,12-13,18,29H,1-2,7-11,14H2,(H,30,31,32). The first-order chi connectivity index (χ1) is 17.0. The van der Waals surface area contributed by atoms with E-state index in [1.807, 2.05) is 9.80 Å². The van der Waals surface area contributed by atoms with E-state index in [1.54, 1.807) is 30.3 Å². The zero-order valence-corrected chi connectivity index (χ0v) is 19.9. The number of carbonyl (C=O) groups excluding carboxylic acids is 1. The van der Waals surface area contributed by atoms with E-state index in [2.05, 4.69) is 16.7 Å². The van der Waals surface area contributed by atoms with Gasteiger partial charge in [-0.2, -0.15) is 10.2 Å². The quantitative estimate of drug-likeness (QED) is 0.557. The molecule has 0 aliphatic carbocycles. The number of fused-ring (bicyclic) bond motifs is 1. The fourth-order valence-corrected chi connectivity index (χ4v) is 4.73. The van der Waals surface area contributed by atoms with Crippen LogP contribution in [0.25, 0.3) is 10.9 Å². The number of nitrogens with one attached hydrogen (secondary N) is 2. The number of halogens is 2. The Morgan fingerprint density at radius 2 is 2.03 bits per heavy atom. The Morgan fingerprint density at radius 1 is 1.20 bits per heavy atom. The van der Waals surface area contributed by atoms with Gasteiger partial charge in [-0.3, -0.25) is 4.79 Å². The Labute approximate surface area is 207 Å². The molecule has 0 radical (unpaired) electrons. The lowest BCUT2D eigenvalue weighted by atomic mass is 10.1. The first-order valence-corrected chi connectivity index (χ1v) is 12.1. The van der Waals surface area contributed by atoms with Crippen molar-refractivity contribution in [2.75, 3.05) is 42.9 Å². The molecule has 0 bridgehead atoms. The van der Waals surface area contributed by atoms with Crippen molar-refractivity contribution in [3.8, 4) is 6.07 Å². The monoisotopic (exact) mass is 493 g/mol. The van der Waals surface area contributed by atoms with E-state index >= 15 is 0 Å². The molecule has 3 aromatic rings. The van der Waals surface area contributed by atoms with Gasteiger partial charge in [-0.1, -0.05) is 11.6 Å². The molecule has 2 N–H and O–H groups in total. The molecule has 5 rings (SSSR count). The lowest BCUT2D eigenvalue weighted by Crippen LogP contribution is -2.50. The molecule has 3 heterocycles. The summed E-state index contributed by atoms with van der Waals surface area (Å²) >= 11 is 5.89. The Hall–Kier alpha value is -3.48. The summed E-state index contributed by atoms with van der Waals surface area (Å²) in [6.45, 7) is 3.32. The minimum atomic E-state index is -0.497. The highest BCUT2D eigenvalue weighted by Gasteiger charge is 2.26. The second-order valence-electron chi connectivity index (χ2n) is 8.83. The van der Waals surface area contributed by atoms with Crippen molar-refractivity contribution in [2.45, 2.75) is 25.3 Å². The van der Waals surface area contributed by atoms with Crippen molar-refractivity contribution in [1.82, 2.24) is 20.2 Å². The first-order valence-electron chi connectivity index (χ1n) is 11.7. The number of nitrogens with zero attached hydrogens (tertiary/aromatic N) is 5. The highest BCUT2D eigenvalue weighted by Crippen LogP contribution is 2.29. The average molecular weight is 494 g/mol. The third-order valence-corrected chi connectivity index (χ3v) is 6.73. The summed E-state index contributed by atoms with van der Waals surface area (Å²) in [5.74, 6) is 0.571. The molecule has 1 amide bonds. The molecule has 2 saturated heterocycles. The van der Waals surface area contributed by atoms with Crippen molar-refractivity contribution in [2.24, 2.45) is 0 Å². The van der Waals surface area contributed by atoms with Gasteiger partial charge >= 0.3 is 0 Å². The molecule has 10 heteroatoms. The summed E-state index contributed by atoms with van der Waals surface area (Å²) in [4.78, 5) is 26.0. The van der Waals surface area contributed by atoms with Gasteiger partial charge in [0.1, 0.15) is 11.6 Å². The fraction of sp³-hybridized carbons (Fsp3) is 0.360. The second-order valence-corrected chi connectivity index (χ2v) is 9.27. The van der Waals surface area contributed by atoms with Crippen molar-refractivity contribution in [3.05, 3.63) is 52.8 Å². The van der Waals surface area contributed by atoms with E-state index < -0.39 is 5.82 Å². The predicted molar refractivity (Wildman–Crippen MR) is 133 cm³/mol. The molecule has 0 saturated carbocycles. The van der Waals surface area contributed by atoms with Gasteiger partial charge < -0.3 is 20.4 Å². The van der Waals surface area contributed by atoms with Crippen molar-refractivity contribution in [3.63, 3.8) is 0 Å². The summed E-state index contributed by atoms with van der Waals surface area (Å²) in [7, 11) is 0. The normalized spacial score (nSPS) is 18.0. The van der Waals surface area contributed by atoms with Crippen LogP contribution in [0, 0.1) is 17.1 Å². The lowest BCUT2D eigenvalue weighted by Gasteiger charge is -2.35. The summed E-state index contributed by atoms with van der Waals surface area (Å²) in [5.41, 5.74) is 1.29. The number of hydrogen-bond donors (Lipinski definition) is 2. The van der Waals surface area contributed by atoms with Gasteiger partial charge in [0, 0.05) is 49.1 Å². The van der Waals surface area contributed by atoms with Crippen LogP contribution in [0.3, 0.4) is 0 Å². The number of carbonyl (C=O) groups is 1. The first kappa shape index (κ1) is 23.3. The molecular formula is C25H25ClFN7O. The number of piperazine rings is 1. The number of amides is 1. The zero-order valence-electron chi connectivity index (χ0n) is 19.1. The van der Waals surface area contributed by atoms with Gasteiger partial charge in [0.05, 0.1) is 22.8 Å². The van der Waals surface area contributed by atoms with Crippen LogP contribution in [0.2, 0.25) is 5.02 Å². The molecule has 2 aliphatic heterocycles. The number of benzene rings is 2. The number of aromatic nitrogens is 2. The highest BCUT2D eigenvalue weighted by atomic mass is 35.5. The van der Waals surface area contributed by atoms with Crippen LogP contribution >= 0.6 is 11.6 Å². The Balaban J connectivity index is 1.38. The predicted octanol–water partition coefficient (Wildman–Crippen LogP) is 3.83. The largest absolute Gasteiger partial charge is 0.339 e. The minimum absolute atomic E-state index is 0.169. The van der Waals surface area contributed by atoms with E-state index in [-0.39, 0.29) is 17.6 Å². The maximum atomic E-state index is 14.5. The number of nitriles is 1. The number of anilines is 3. The summed E-state index contributed by atoms with van der Waals surface area (Å²) in [6, 6.07) is 11.9. The Morgan fingerprint density at radius 3 is 2.74 bits per heavy atom. The van der Waals surface area contributed by atoms with Crippen molar-refractivity contribution < 1.29 is 9.18 Å². The van der Waals surface area contributed by atoms with Gasteiger partial charge in [0.2, 0.25) is 11.9 Å². The summed E-state index contributed by atoms with van der Waals surface area (Å²) < 4.78 is 14.5. The van der Waals surface area contributed by atoms with E-state index in [4.69, 9.17) is 21.6 Å². The van der Waals surface area contributed by atoms with Crippen LogP contribution in [0.1, 0.15) is 24.8 Å². The molecule has 8 nitrogen and oxygen atoms in total. The lowest BCUT2D eigenvalue weighted by molar-refractivity contribution is -0.131. The minimum Gasteiger partial charge on any atom is -0.339 e. The molecule has 180 valence electrons. The number of rotatable bonds is 5. The van der Waals surface area contributed by atoms with Crippen LogP contribution in [0.4, 0.5) is 21.8 Å². The molecule has 1 unspecified atom stereocenters. The highest BCUT2D eigenvalue weighted by molar-refractivity contribution is 6.30. The Bertz CT molecular complexity index is 1300. The third kappa shape index (κ3) is 5.14. The molecular weight excluding hydrogens is 469 g/mol. The maximum Gasteiger partial charge on any atom is 0.228 e. The molecule has 1 aromatic heterocycles. The van der Waals surface area contributed by atoms with Gasteiger partial charge in [0.15, 0.2) is 0 Å². The van der Waals surface area contributed by atoms with Crippen LogP contribution in [0.15, 0.2) is 36.4 Å². The van der Waals surface area contributed by atoms with Crippen molar-refractivity contribution in [1.29, 1.82) is 5.26 Å². The van der Waals surface area contributed by atoms with Gasteiger partial charge in [-0.05, 0) is 55.8 Å². The van der Waals surface area contributed by atoms with E-state index in [0.717, 1.165) is 19.4 Å². The summed E-state index contributed by atoms with van der Waals surface area (Å²) in [5, 5.41) is 16.8. The molecule has 0 spiro atoms. The second kappa shape index (κ2) is 10.0.